The van der Waals surface area contributed by atoms with Gasteiger partial charge in [0.05, 0.1) is 0 Å². The van der Waals surface area contributed by atoms with Crippen LogP contribution in [0.15, 0.2) is 60.7 Å². The molecule has 0 saturated heterocycles. The lowest BCUT2D eigenvalue weighted by atomic mass is 10.3. The van der Waals surface area contributed by atoms with Gasteiger partial charge in [0.25, 0.3) is 0 Å². The number of carbonyl (C=O) groups is 1. The second kappa shape index (κ2) is 9.28. The zero-order valence-electron chi connectivity index (χ0n) is 12.3. The minimum atomic E-state index is -0.648. The lowest BCUT2D eigenvalue weighted by molar-refractivity contribution is 0.0610. The first-order valence-corrected chi connectivity index (χ1v) is 7.22. The van der Waals surface area contributed by atoms with Gasteiger partial charge in [-0.05, 0) is 24.3 Å². The Morgan fingerprint density at radius 1 is 0.727 bits per heavy atom. The van der Waals surface area contributed by atoms with Crippen molar-refractivity contribution in [2.75, 3.05) is 36.9 Å². The van der Waals surface area contributed by atoms with E-state index in [1.54, 1.807) is 0 Å². The molecule has 0 radical (unpaired) electrons. The Morgan fingerprint density at radius 2 is 1.14 bits per heavy atom. The maximum atomic E-state index is 11.4. The van der Waals surface area contributed by atoms with Crippen LogP contribution in [0.5, 0.6) is 0 Å². The first kappa shape index (κ1) is 15.7. The van der Waals surface area contributed by atoms with Gasteiger partial charge in [-0.15, -0.1) is 0 Å². The van der Waals surface area contributed by atoms with E-state index in [4.69, 9.17) is 9.47 Å². The van der Waals surface area contributed by atoms with E-state index in [1.807, 2.05) is 60.7 Å². The summed E-state index contributed by atoms with van der Waals surface area (Å²) < 4.78 is 9.93. The molecule has 5 heteroatoms. The molecule has 2 aromatic rings. The monoisotopic (exact) mass is 300 g/mol. The van der Waals surface area contributed by atoms with Gasteiger partial charge in [-0.25, -0.2) is 4.79 Å². The van der Waals surface area contributed by atoms with E-state index >= 15 is 0 Å². The van der Waals surface area contributed by atoms with Crippen molar-refractivity contribution in [2.45, 2.75) is 0 Å². The standard InChI is InChI=1S/C17H20N2O3/c20-17(21-13-11-18-15-7-3-1-4-8-15)22-14-12-19-16-9-5-2-6-10-16/h1-10,18-19H,11-14H2. The van der Waals surface area contributed by atoms with Crippen molar-refractivity contribution >= 4 is 17.5 Å². The average molecular weight is 300 g/mol. The highest BCUT2D eigenvalue weighted by Crippen LogP contribution is 2.04. The van der Waals surface area contributed by atoms with Crippen molar-refractivity contribution in [3.63, 3.8) is 0 Å². The van der Waals surface area contributed by atoms with Gasteiger partial charge in [0.15, 0.2) is 0 Å². The van der Waals surface area contributed by atoms with E-state index < -0.39 is 6.16 Å². The summed E-state index contributed by atoms with van der Waals surface area (Å²) in [6.07, 6.45) is -0.648. The Hall–Kier alpha value is -2.69. The molecule has 22 heavy (non-hydrogen) atoms. The summed E-state index contributed by atoms with van der Waals surface area (Å²) in [6.45, 7) is 1.61. The molecule has 0 amide bonds. The summed E-state index contributed by atoms with van der Waals surface area (Å²) in [5.41, 5.74) is 1.98. The Kier molecular flexibility index (Phi) is 6.62. The number of nitrogens with one attached hydrogen (secondary N) is 2. The minimum Gasteiger partial charge on any atom is -0.432 e. The van der Waals surface area contributed by atoms with Crippen molar-refractivity contribution in [3.05, 3.63) is 60.7 Å². The van der Waals surface area contributed by atoms with Crippen molar-refractivity contribution in [2.24, 2.45) is 0 Å². The maximum Gasteiger partial charge on any atom is 0.508 e. The maximum absolute atomic E-state index is 11.4. The van der Waals surface area contributed by atoms with Crippen LogP contribution in [0.3, 0.4) is 0 Å². The van der Waals surface area contributed by atoms with E-state index in [0.717, 1.165) is 11.4 Å². The molecule has 0 bridgehead atoms. The van der Waals surface area contributed by atoms with Crippen LogP contribution in [0, 0.1) is 0 Å². The van der Waals surface area contributed by atoms with Gasteiger partial charge in [-0.1, -0.05) is 36.4 Å². The van der Waals surface area contributed by atoms with Crippen LogP contribution in [0.25, 0.3) is 0 Å². The summed E-state index contributed by atoms with van der Waals surface area (Å²) in [4.78, 5) is 11.4. The third-order valence-electron chi connectivity index (χ3n) is 2.85. The predicted molar refractivity (Wildman–Crippen MR) is 87.2 cm³/mol. The fraction of sp³-hybridized carbons (Fsp3) is 0.235. The molecule has 0 saturated carbocycles. The fourth-order valence-corrected chi connectivity index (χ4v) is 1.81. The van der Waals surface area contributed by atoms with Crippen LogP contribution in [-0.4, -0.2) is 32.5 Å². The van der Waals surface area contributed by atoms with E-state index in [1.165, 1.54) is 0 Å². The van der Waals surface area contributed by atoms with Gasteiger partial charge in [-0.3, -0.25) is 0 Å². The van der Waals surface area contributed by atoms with Gasteiger partial charge in [-0.2, -0.15) is 0 Å². The van der Waals surface area contributed by atoms with Gasteiger partial charge < -0.3 is 20.1 Å². The normalized spacial score (nSPS) is 9.82. The second-order valence-corrected chi connectivity index (χ2v) is 4.53. The van der Waals surface area contributed by atoms with E-state index in [2.05, 4.69) is 10.6 Å². The molecule has 0 fully saturated rings. The Morgan fingerprint density at radius 3 is 1.55 bits per heavy atom. The molecule has 0 heterocycles. The number of anilines is 2. The molecule has 0 atom stereocenters. The lowest BCUT2D eigenvalue weighted by Gasteiger charge is -2.09. The summed E-state index contributed by atoms with van der Waals surface area (Å²) in [5, 5.41) is 6.29. The Bertz CT molecular complexity index is 497. The summed E-state index contributed by atoms with van der Waals surface area (Å²) in [5.74, 6) is 0. The zero-order chi connectivity index (χ0) is 15.5. The Labute approximate surface area is 130 Å². The molecule has 0 aromatic heterocycles. The highest BCUT2D eigenvalue weighted by Gasteiger charge is 2.02. The van der Waals surface area contributed by atoms with E-state index in [-0.39, 0.29) is 13.2 Å². The molecule has 2 aromatic carbocycles. The number of rotatable bonds is 8. The largest absolute Gasteiger partial charge is 0.508 e. The van der Waals surface area contributed by atoms with Crippen LogP contribution < -0.4 is 10.6 Å². The molecule has 0 spiro atoms. The molecule has 2 rings (SSSR count). The van der Waals surface area contributed by atoms with Crippen molar-refractivity contribution < 1.29 is 14.3 Å². The first-order valence-electron chi connectivity index (χ1n) is 7.22. The summed E-state index contributed by atoms with van der Waals surface area (Å²) >= 11 is 0. The Balaban J connectivity index is 1.49. The summed E-state index contributed by atoms with van der Waals surface area (Å²) in [7, 11) is 0. The predicted octanol–water partition coefficient (Wildman–Crippen LogP) is 3.36. The van der Waals surface area contributed by atoms with Gasteiger partial charge in [0.2, 0.25) is 0 Å². The molecule has 0 aliphatic heterocycles. The third-order valence-corrected chi connectivity index (χ3v) is 2.85. The number of hydrogen-bond acceptors (Lipinski definition) is 5. The first-order chi connectivity index (χ1) is 10.8. The average Bonchev–Trinajstić information content (AvgIpc) is 2.57. The molecular formula is C17H20N2O3. The van der Waals surface area contributed by atoms with Crippen LogP contribution in [0.4, 0.5) is 16.2 Å². The quantitative estimate of drug-likeness (QED) is 0.578. The zero-order valence-corrected chi connectivity index (χ0v) is 12.3. The molecule has 0 unspecified atom stereocenters. The number of para-hydroxylation sites is 2. The van der Waals surface area contributed by atoms with E-state index in [0.29, 0.717) is 13.1 Å². The molecular weight excluding hydrogens is 280 g/mol. The second-order valence-electron chi connectivity index (χ2n) is 4.53. The molecule has 116 valence electrons. The lowest BCUT2D eigenvalue weighted by Crippen LogP contribution is -2.18. The van der Waals surface area contributed by atoms with Crippen LogP contribution in [0.2, 0.25) is 0 Å². The smallest absolute Gasteiger partial charge is 0.432 e. The highest BCUT2D eigenvalue weighted by molar-refractivity contribution is 5.60. The topological polar surface area (TPSA) is 59.6 Å². The van der Waals surface area contributed by atoms with Crippen LogP contribution >= 0.6 is 0 Å². The van der Waals surface area contributed by atoms with Crippen molar-refractivity contribution in [3.8, 4) is 0 Å². The van der Waals surface area contributed by atoms with Crippen molar-refractivity contribution in [1.29, 1.82) is 0 Å². The van der Waals surface area contributed by atoms with Gasteiger partial charge in [0.1, 0.15) is 13.2 Å². The summed E-state index contributed by atoms with van der Waals surface area (Å²) in [6, 6.07) is 19.5. The highest BCUT2D eigenvalue weighted by atomic mass is 16.7. The third kappa shape index (κ3) is 6.17. The molecule has 5 nitrogen and oxygen atoms in total. The van der Waals surface area contributed by atoms with Gasteiger partial charge >= 0.3 is 6.16 Å². The SMILES string of the molecule is O=C(OCCNc1ccccc1)OCCNc1ccccc1. The number of carbonyl (C=O) groups excluding carboxylic acids is 1. The van der Waals surface area contributed by atoms with Crippen LogP contribution in [-0.2, 0) is 9.47 Å². The number of benzene rings is 2. The molecule has 0 aliphatic rings. The van der Waals surface area contributed by atoms with E-state index in [9.17, 15) is 4.79 Å². The fourth-order valence-electron chi connectivity index (χ4n) is 1.81. The van der Waals surface area contributed by atoms with Crippen LogP contribution in [0.1, 0.15) is 0 Å². The molecule has 2 N–H and O–H groups in total. The minimum absolute atomic E-state index is 0.264. The number of hydrogen-bond donors (Lipinski definition) is 2. The van der Waals surface area contributed by atoms with Crippen molar-refractivity contribution in [1.82, 2.24) is 0 Å². The molecule has 0 aliphatic carbocycles. The van der Waals surface area contributed by atoms with Gasteiger partial charge in [0, 0.05) is 24.5 Å². The number of ether oxygens (including phenoxy) is 2.